The summed E-state index contributed by atoms with van der Waals surface area (Å²) in [5.41, 5.74) is 5.08. The van der Waals surface area contributed by atoms with E-state index in [0.29, 0.717) is 23.5 Å². The lowest BCUT2D eigenvalue weighted by Gasteiger charge is -2.29. The van der Waals surface area contributed by atoms with E-state index in [1.54, 1.807) is 18.7 Å². The Kier molecular flexibility index (Phi) is 6.35. The summed E-state index contributed by atoms with van der Waals surface area (Å²) in [5, 5.41) is 3.31. The molecule has 0 saturated carbocycles. The molecule has 1 unspecified atom stereocenters. The highest BCUT2D eigenvalue weighted by Gasteiger charge is 2.41. The van der Waals surface area contributed by atoms with Gasteiger partial charge in [-0.25, -0.2) is 4.79 Å². The molecular formula is C24H23NO3S2. The van der Waals surface area contributed by atoms with Gasteiger partial charge in [0.05, 0.1) is 18.1 Å². The molecule has 0 fully saturated rings. The van der Waals surface area contributed by atoms with Crippen molar-refractivity contribution >= 4 is 34.6 Å². The van der Waals surface area contributed by atoms with Gasteiger partial charge in [-0.05, 0) is 31.0 Å². The molecule has 1 N–H and O–H groups in total. The molecule has 4 nitrogen and oxygen atoms in total. The van der Waals surface area contributed by atoms with Gasteiger partial charge in [0.1, 0.15) is 0 Å². The van der Waals surface area contributed by atoms with Gasteiger partial charge < -0.3 is 10.1 Å². The topological polar surface area (TPSA) is 55.4 Å². The van der Waals surface area contributed by atoms with Crippen LogP contribution in [0.2, 0.25) is 0 Å². The number of ether oxygens (including phenoxy) is 1. The SMILES string of the molecule is CCOC(=O)C1=C(C)NC2=C(C(=O)SC2)C1c1ccccc1SCc1ccccc1. The number of hydrogen-bond acceptors (Lipinski definition) is 6. The minimum Gasteiger partial charge on any atom is -0.463 e. The number of rotatable bonds is 6. The fourth-order valence-electron chi connectivity index (χ4n) is 3.84. The molecule has 2 aromatic carbocycles. The zero-order chi connectivity index (χ0) is 21.1. The first-order chi connectivity index (χ1) is 14.6. The van der Waals surface area contributed by atoms with Crippen molar-refractivity contribution in [1.82, 2.24) is 5.32 Å². The molecule has 0 saturated heterocycles. The van der Waals surface area contributed by atoms with Crippen LogP contribution in [0.15, 0.2) is 82.0 Å². The molecule has 0 amide bonds. The standard InChI is InChI=1S/C24H23NO3S2/c1-3-28-23(26)20-15(2)25-18-14-30-24(27)22(18)21(20)17-11-7-8-12-19(17)29-13-16-9-5-4-6-10-16/h4-12,21,25H,3,13-14H2,1-2H3. The Morgan fingerprint density at radius 3 is 2.67 bits per heavy atom. The van der Waals surface area contributed by atoms with Gasteiger partial charge in [-0.1, -0.05) is 60.3 Å². The van der Waals surface area contributed by atoms with Crippen LogP contribution < -0.4 is 5.32 Å². The second kappa shape index (κ2) is 9.14. The molecule has 0 aliphatic carbocycles. The number of dihydropyridines is 1. The molecule has 4 rings (SSSR count). The van der Waals surface area contributed by atoms with Gasteiger partial charge in [-0.2, -0.15) is 0 Å². The normalized spacial score (nSPS) is 18.3. The highest BCUT2D eigenvalue weighted by atomic mass is 32.2. The largest absolute Gasteiger partial charge is 0.463 e. The summed E-state index contributed by atoms with van der Waals surface area (Å²) in [5.74, 6) is 0.639. The lowest BCUT2D eigenvalue weighted by atomic mass is 9.81. The molecule has 0 spiro atoms. The third-order valence-electron chi connectivity index (χ3n) is 5.17. The molecule has 2 heterocycles. The van der Waals surface area contributed by atoms with E-state index in [9.17, 15) is 9.59 Å². The maximum Gasteiger partial charge on any atom is 0.336 e. The first-order valence-corrected chi connectivity index (χ1v) is 11.9. The van der Waals surface area contributed by atoms with Crippen LogP contribution in [0.5, 0.6) is 0 Å². The van der Waals surface area contributed by atoms with Gasteiger partial charge in [0, 0.05) is 33.4 Å². The fraction of sp³-hybridized carbons (Fsp3) is 0.250. The highest BCUT2D eigenvalue weighted by molar-refractivity contribution is 8.14. The fourth-order valence-corrected chi connectivity index (χ4v) is 5.78. The van der Waals surface area contributed by atoms with E-state index in [1.165, 1.54) is 17.3 Å². The minimum absolute atomic E-state index is 0.0275. The quantitative estimate of drug-likeness (QED) is 0.505. The van der Waals surface area contributed by atoms with E-state index in [-0.39, 0.29) is 11.1 Å². The number of carbonyl (C=O) groups excluding carboxylic acids is 2. The van der Waals surface area contributed by atoms with Crippen molar-refractivity contribution < 1.29 is 14.3 Å². The number of benzene rings is 2. The molecule has 0 bridgehead atoms. The van der Waals surface area contributed by atoms with E-state index < -0.39 is 5.92 Å². The summed E-state index contributed by atoms with van der Waals surface area (Å²) in [4.78, 5) is 26.8. The van der Waals surface area contributed by atoms with Crippen LogP contribution in [-0.4, -0.2) is 23.4 Å². The Morgan fingerprint density at radius 2 is 1.90 bits per heavy atom. The zero-order valence-electron chi connectivity index (χ0n) is 16.9. The smallest absolute Gasteiger partial charge is 0.336 e. The van der Waals surface area contributed by atoms with Gasteiger partial charge in [-0.15, -0.1) is 11.8 Å². The van der Waals surface area contributed by atoms with E-state index in [1.807, 2.05) is 43.3 Å². The number of thioether (sulfide) groups is 2. The monoisotopic (exact) mass is 437 g/mol. The second-order valence-corrected chi connectivity index (χ2v) is 9.06. The number of allylic oxidation sites excluding steroid dienone is 1. The van der Waals surface area contributed by atoms with Crippen molar-refractivity contribution in [2.45, 2.75) is 30.4 Å². The molecule has 2 aromatic rings. The number of carbonyl (C=O) groups is 2. The van der Waals surface area contributed by atoms with Crippen LogP contribution in [-0.2, 0) is 20.1 Å². The Labute approximate surface area is 185 Å². The highest BCUT2D eigenvalue weighted by Crippen LogP contribution is 2.47. The third kappa shape index (κ3) is 4.07. The van der Waals surface area contributed by atoms with Crippen LogP contribution in [0.3, 0.4) is 0 Å². The van der Waals surface area contributed by atoms with Gasteiger partial charge in [0.25, 0.3) is 0 Å². The lowest BCUT2D eigenvalue weighted by Crippen LogP contribution is -2.30. The summed E-state index contributed by atoms with van der Waals surface area (Å²) < 4.78 is 5.37. The van der Waals surface area contributed by atoms with Gasteiger partial charge in [0.2, 0.25) is 5.12 Å². The Balaban J connectivity index is 1.76. The van der Waals surface area contributed by atoms with Gasteiger partial charge in [0.15, 0.2) is 0 Å². The Morgan fingerprint density at radius 1 is 1.17 bits per heavy atom. The van der Waals surface area contributed by atoms with E-state index in [0.717, 1.165) is 27.6 Å². The molecule has 1 atom stereocenters. The minimum atomic E-state index is -0.415. The number of esters is 1. The van der Waals surface area contributed by atoms with Crippen molar-refractivity contribution in [2.75, 3.05) is 12.4 Å². The predicted molar refractivity (Wildman–Crippen MR) is 122 cm³/mol. The summed E-state index contributed by atoms with van der Waals surface area (Å²) in [6.45, 7) is 3.97. The molecule has 6 heteroatoms. The van der Waals surface area contributed by atoms with E-state index >= 15 is 0 Å². The summed E-state index contributed by atoms with van der Waals surface area (Å²) in [7, 11) is 0. The molecule has 0 radical (unpaired) electrons. The first-order valence-electron chi connectivity index (χ1n) is 9.90. The summed E-state index contributed by atoms with van der Waals surface area (Å²) in [6.07, 6.45) is 0. The van der Waals surface area contributed by atoms with Crippen LogP contribution in [0.25, 0.3) is 0 Å². The number of nitrogens with one attached hydrogen (secondary N) is 1. The van der Waals surface area contributed by atoms with E-state index in [4.69, 9.17) is 4.74 Å². The van der Waals surface area contributed by atoms with Gasteiger partial charge >= 0.3 is 5.97 Å². The van der Waals surface area contributed by atoms with Crippen molar-refractivity contribution in [3.05, 3.63) is 88.3 Å². The molecule has 2 aliphatic heterocycles. The first kappa shape index (κ1) is 20.8. The van der Waals surface area contributed by atoms with Crippen molar-refractivity contribution in [3.63, 3.8) is 0 Å². The van der Waals surface area contributed by atoms with E-state index in [2.05, 4.69) is 23.5 Å². The molecule has 30 heavy (non-hydrogen) atoms. The summed E-state index contributed by atoms with van der Waals surface area (Å²) >= 11 is 3.01. The zero-order valence-corrected chi connectivity index (χ0v) is 18.6. The predicted octanol–water partition coefficient (Wildman–Crippen LogP) is 5.03. The van der Waals surface area contributed by atoms with Gasteiger partial charge in [-0.3, -0.25) is 4.79 Å². The van der Waals surface area contributed by atoms with Crippen molar-refractivity contribution in [2.24, 2.45) is 0 Å². The Bertz CT molecular complexity index is 1040. The maximum absolute atomic E-state index is 12.9. The second-order valence-electron chi connectivity index (χ2n) is 7.10. The molecular weight excluding hydrogens is 414 g/mol. The van der Waals surface area contributed by atoms with Crippen LogP contribution in [0.1, 0.15) is 30.9 Å². The average Bonchev–Trinajstić information content (AvgIpc) is 3.12. The third-order valence-corrected chi connectivity index (χ3v) is 7.25. The molecule has 2 aliphatic rings. The molecule has 0 aromatic heterocycles. The van der Waals surface area contributed by atoms with Crippen LogP contribution in [0, 0.1) is 0 Å². The number of hydrogen-bond donors (Lipinski definition) is 1. The average molecular weight is 438 g/mol. The van der Waals surface area contributed by atoms with Crippen molar-refractivity contribution in [3.8, 4) is 0 Å². The van der Waals surface area contributed by atoms with Crippen LogP contribution >= 0.6 is 23.5 Å². The maximum atomic E-state index is 12.9. The van der Waals surface area contributed by atoms with Crippen molar-refractivity contribution in [1.29, 1.82) is 0 Å². The van der Waals surface area contributed by atoms with Crippen LogP contribution in [0.4, 0.5) is 0 Å². The summed E-state index contributed by atoms with van der Waals surface area (Å²) in [6, 6.07) is 18.3. The Hall–Kier alpha value is -2.44. The lowest BCUT2D eigenvalue weighted by molar-refractivity contribution is -0.138. The molecule has 154 valence electrons.